The molecule has 10 heteroatoms. The van der Waals surface area contributed by atoms with Gasteiger partial charge in [-0.3, -0.25) is 14.4 Å². The summed E-state index contributed by atoms with van der Waals surface area (Å²) in [6, 6.07) is 5.30. The highest BCUT2D eigenvalue weighted by Crippen LogP contribution is 2.20. The number of amides is 3. The number of aliphatic hydroxyl groups excluding tert-OH is 1. The first-order valence-electron chi connectivity index (χ1n) is 11.6. The predicted octanol–water partition coefficient (Wildman–Crippen LogP) is 0.0285. The van der Waals surface area contributed by atoms with Crippen LogP contribution in [0.25, 0.3) is 0 Å². The van der Waals surface area contributed by atoms with E-state index >= 15 is 0 Å². The molecule has 1 fully saturated rings. The largest absolute Gasteiger partial charge is 0.480 e. The van der Waals surface area contributed by atoms with Crippen LogP contribution in [0, 0.1) is 5.92 Å². The molecule has 2 rings (SSSR count). The number of aliphatic carboxylic acids is 1. The smallest absolute Gasteiger partial charge is 0.328 e. The average Bonchev–Trinajstić information content (AvgIpc) is 3.26. The second-order valence-corrected chi connectivity index (χ2v) is 9.24. The molecule has 3 amide bonds. The Morgan fingerprint density at radius 1 is 1.12 bits per heavy atom. The average molecular weight is 477 g/mol. The van der Waals surface area contributed by atoms with Gasteiger partial charge in [-0.15, -0.1) is 0 Å². The van der Waals surface area contributed by atoms with Crippen LogP contribution < -0.4 is 16.4 Å². The van der Waals surface area contributed by atoms with Crippen LogP contribution in [0.5, 0.6) is 0 Å². The van der Waals surface area contributed by atoms with Crippen molar-refractivity contribution in [3.05, 3.63) is 35.9 Å². The van der Waals surface area contributed by atoms with Crippen LogP contribution in [0.15, 0.2) is 30.3 Å². The third-order valence-electron chi connectivity index (χ3n) is 5.84. The lowest BCUT2D eigenvalue weighted by Crippen LogP contribution is -2.58. The van der Waals surface area contributed by atoms with Gasteiger partial charge in [0.15, 0.2) is 6.04 Å². The molecule has 0 aliphatic carbocycles. The number of nitrogens with one attached hydrogen (secondary N) is 2. The van der Waals surface area contributed by atoms with E-state index in [-0.39, 0.29) is 18.2 Å². The minimum absolute atomic E-state index is 0.0199. The molecule has 188 valence electrons. The Kier molecular flexibility index (Phi) is 10.0. The van der Waals surface area contributed by atoms with Gasteiger partial charge in [0.2, 0.25) is 17.7 Å². The van der Waals surface area contributed by atoms with E-state index < -0.39 is 48.1 Å². The summed E-state index contributed by atoms with van der Waals surface area (Å²) in [5.74, 6) is -2.87. The summed E-state index contributed by atoms with van der Waals surface area (Å²) in [4.78, 5) is 51.7. The van der Waals surface area contributed by atoms with Crippen LogP contribution in [-0.2, 0) is 25.6 Å². The van der Waals surface area contributed by atoms with Gasteiger partial charge in [0.1, 0.15) is 12.1 Å². The molecule has 5 unspecified atom stereocenters. The lowest BCUT2D eigenvalue weighted by atomic mass is 10.0. The molecule has 10 nitrogen and oxygen atoms in total. The zero-order valence-electron chi connectivity index (χ0n) is 19.9. The number of hydrogen-bond acceptors (Lipinski definition) is 6. The van der Waals surface area contributed by atoms with Crippen LogP contribution in [-0.4, -0.2) is 75.6 Å². The van der Waals surface area contributed by atoms with Gasteiger partial charge in [0.05, 0.1) is 12.1 Å². The molecule has 34 heavy (non-hydrogen) atoms. The Morgan fingerprint density at radius 2 is 1.76 bits per heavy atom. The molecule has 1 aromatic rings. The number of nitrogens with two attached hydrogens (primary N) is 1. The summed E-state index contributed by atoms with van der Waals surface area (Å²) < 4.78 is 0. The van der Waals surface area contributed by atoms with Gasteiger partial charge in [0, 0.05) is 6.54 Å². The van der Waals surface area contributed by atoms with Crippen LogP contribution >= 0.6 is 0 Å². The maximum atomic E-state index is 13.1. The highest BCUT2D eigenvalue weighted by molar-refractivity contribution is 5.94. The van der Waals surface area contributed by atoms with Gasteiger partial charge in [0.25, 0.3) is 0 Å². The standard InChI is InChI=1S/C24H36N4O6/c1-14(2)12-18(21(30)27-20(15(3)29)24(33)34)26-22(31)19-10-7-11-28(19)23(32)17(25)13-16-8-5-4-6-9-16/h4-6,8-9,14-15,17-20,29H,7,10-13,25H2,1-3H3,(H,26,31)(H,27,30)(H,33,34). The molecule has 1 heterocycles. The van der Waals surface area contributed by atoms with Crippen molar-refractivity contribution in [3.8, 4) is 0 Å². The number of likely N-dealkylation sites (tertiary alicyclic amines) is 1. The number of carboxylic acid groups (broad SMARTS) is 1. The SMILES string of the molecule is CC(C)CC(NC(=O)C1CCCN1C(=O)C(N)Cc1ccccc1)C(=O)NC(C(=O)O)C(C)O. The molecule has 1 aliphatic heterocycles. The quantitative estimate of drug-likeness (QED) is 0.301. The molecule has 0 bridgehead atoms. The normalized spacial score (nSPS) is 19.2. The molecule has 1 aromatic carbocycles. The molecule has 6 N–H and O–H groups in total. The van der Waals surface area contributed by atoms with E-state index in [9.17, 15) is 29.4 Å². The summed E-state index contributed by atoms with van der Waals surface area (Å²) in [5.41, 5.74) is 7.07. The number of carbonyl (C=O) groups is 4. The summed E-state index contributed by atoms with van der Waals surface area (Å²) in [6.07, 6.45) is 0.366. The molecular formula is C24H36N4O6. The van der Waals surface area contributed by atoms with Crippen molar-refractivity contribution < 1.29 is 29.4 Å². The van der Waals surface area contributed by atoms with Gasteiger partial charge < -0.3 is 31.5 Å². The third-order valence-corrected chi connectivity index (χ3v) is 5.84. The lowest BCUT2D eigenvalue weighted by molar-refractivity contribution is -0.145. The van der Waals surface area contributed by atoms with Gasteiger partial charge in [-0.2, -0.15) is 0 Å². The number of carboxylic acids is 1. The number of nitrogens with zero attached hydrogens (tertiary/aromatic N) is 1. The minimum atomic E-state index is -1.50. The number of carbonyl (C=O) groups excluding carboxylic acids is 3. The number of aliphatic hydroxyl groups is 1. The molecule has 5 atom stereocenters. The highest BCUT2D eigenvalue weighted by Gasteiger charge is 2.38. The first-order chi connectivity index (χ1) is 16.0. The van der Waals surface area contributed by atoms with E-state index in [1.165, 1.54) is 11.8 Å². The Balaban J connectivity index is 2.08. The first kappa shape index (κ1) is 27.3. The maximum absolute atomic E-state index is 13.1. The second-order valence-electron chi connectivity index (χ2n) is 9.24. The fraction of sp³-hybridized carbons (Fsp3) is 0.583. The van der Waals surface area contributed by atoms with E-state index in [0.29, 0.717) is 25.8 Å². The number of rotatable bonds is 11. The maximum Gasteiger partial charge on any atom is 0.328 e. The van der Waals surface area contributed by atoms with Crippen molar-refractivity contribution in [2.75, 3.05) is 6.54 Å². The Bertz CT molecular complexity index is 860. The van der Waals surface area contributed by atoms with E-state index in [1.54, 1.807) is 0 Å². The van der Waals surface area contributed by atoms with Crippen molar-refractivity contribution in [2.24, 2.45) is 11.7 Å². The van der Waals surface area contributed by atoms with Gasteiger partial charge in [-0.05, 0) is 44.1 Å². The topological polar surface area (TPSA) is 162 Å². The summed E-state index contributed by atoms with van der Waals surface area (Å²) in [5, 5.41) is 23.9. The number of benzene rings is 1. The lowest BCUT2D eigenvalue weighted by Gasteiger charge is -2.29. The summed E-state index contributed by atoms with van der Waals surface area (Å²) >= 11 is 0. The molecule has 0 saturated carbocycles. The molecule has 1 aliphatic rings. The van der Waals surface area contributed by atoms with E-state index in [1.807, 2.05) is 44.2 Å². The van der Waals surface area contributed by atoms with Crippen molar-refractivity contribution in [2.45, 2.75) is 76.7 Å². The van der Waals surface area contributed by atoms with E-state index in [4.69, 9.17) is 5.73 Å². The van der Waals surface area contributed by atoms with E-state index in [2.05, 4.69) is 10.6 Å². The van der Waals surface area contributed by atoms with Crippen molar-refractivity contribution in [3.63, 3.8) is 0 Å². The molecule has 0 radical (unpaired) electrons. The first-order valence-corrected chi connectivity index (χ1v) is 11.6. The molecule has 1 saturated heterocycles. The van der Waals surface area contributed by atoms with Gasteiger partial charge in [-0.1, -0.05) is 44.2 Å². The van der Waals surface area contributed by atoms with Gasteiger partial charge >= 0.3 is 5.97 Å². The van der Waals surface area contributed by atoms with Crippen LogP contribution in [0.3, 0.4) is 0 Å². The Labute approximate surface area is 199 Å². The van der Waals surface area contributed by atoms with Crippen molar-refractivity contribution in [1.29, 1.82) is 0 Å². The fourth-order valence-corrected chi connectivity index (χ4v) is 4.08. The molecule has 0 spiro atoms. The minimum Gasteiger partial charge on any atom is -0.480 e. The van der Waals surface area contributed by atoms with Gasteiger partial charge in [-0.25, -0.2) is 4.79 Å². The molecular weight excluding hydrogens is 440 g/mol. The Morgan fingerprint density at radius 3 is 2.32 bits per heavy atom. The van der Waals surface area contributed by atoms with Crippen molar-refractivity contribution in [1.82, 2.24) is 15.5 Å². The summed E-state index contributed by atoms with van der Waals surface area (Å²) in [7, 11) is 0. The monoisotopic (exact) mass is 476 g/mol. The fourth-order valence-electron chi connectivity index (χ4n) is 4.08. The highest BCUT2D eigenvalue weighted by atomic mass is 16.4. The number of hydrogen-bond donors (Lipinski definition) is 5. The van der Waals surface area contributed by atoms with Crippen LogP contribution in [0.2, 0.25) is 0 Å². The van der Waals surface area contributed by atoms with Crippen LogP contribution in [0.1, 0.15) is 45.6 Å². The van der Waals surface area contributed by atoms with E-state index in [0.717, 1.165) is 5.56 Å². The molecule has 0 aromatic heterocycles. The zero-order valence-corrected chi connectivity index (χ0v) is 19.9. The third kappa shape index (κ3) is 7.53. The Hall–Kier alpha value is -2.98. The van der Waals surface area contributed by atoms with Crippen LogP contribution in [0.4, 0.5) is 0 Å². The summed E-state index contributed by atoms with van der Waals surface area (Å²) in [6.45, 7) is 5.38. The predicted molar refractivity (Wildman–Crippen MR) is 125 cm³/mol. The van der Waals surface area contributed by atoms with Crippen molar-refractivity contribution >= 4 is 23.7 Å². The zero-order chi connectivity index (χ0) is 25.4. The second kappa shape index (κ2) is 12.5.